The molecule has 0 radical (unpaired) electrons. The smallest absolute Gasteiger partial charge is 0.290 e. The van der Waals surface area contributed by atoms with Crippen LogP contribution in [0.15, 0.2) is 87.4 Å². The van der Waals surface area contributed by atoms with Crippen molar-refractivity contribution < 1.29 is 19.1 Å². The molecule has 0 saturated heterocycles. The number of amides is 1. The number of halogens is 1. The number of aliphatic hydroxyl groups is 1. The first-order valence-corrected chi connectivity index (χ1v) is 9.32. The van der Waals surface area contributed by atoms with E-state index in [0.717, 1.165) is 10.0 Å². The molecule has 3 aromatic rings. The Morgan fingerprint density at radius 3 is 2.61 bits per heavy atom. The Morgan fingerprint density at radius 1 is 1.18 bits per heavy atom. The number of pyridine rings is 1. The minimum Gasteiger partial charge on any atom is -0.503 e. The average Bonchev–Trinajstić information content (AvgIpc) is 3.33. The highest BCUT2D eigenvalue weighted by molar-refractivity contribution is 9.10. The van der Waals surface area contributed by atoms with Gasteiger partial charge in [-0.3, -0.25) is 14.6 Å². The van der Waals surface area contributed by atoms with E-state index in [4.69, 9.17) is 4.42 Å². The highest BCUT2D eigenvalue weighted by atomic mass is 79.9. The summed E-state index contributed by atoms with van der Waals surface area (Å²) >= 11 is 3.39. The molecule has 2 aromatic heterocycles. The van der Waals surface area contributed by atoms with Crippen molar-refractivity contribution in [3.63, 3.8) is 0 Å². The van der Waals surface area contributed by atoms with Gasteiger partial charge in [-0.15, -0.1) is 0 Å². The predicted molar refractivity (Wildman–Crippen MR) is 104 cm³/mol. The zero-order valence-electron chi connectivity index (χ0n) is 14.6. The number of Topliss-reactive ketones (excluding diaryl/α,β-unsaturated/α-hetero) is 1. The number of aromatic nitrogens is 1. The molecule has 0 saturated carbocycles. The van der Waals surface area contributed by atoms with E-state index in [1.165, 1.54) is 17.2 Å². The first kappa shape index (κ1) is 18.2. The van der Waals surface area contributed by atoms with Gasteiger partial charge in [0.15, 0.2) is 11.5 Å². The number of carbonyl (C=O) groups is 2. The molecule has 4 rings (SSSR count). The second-order valence-electron chi connectivity index (χ2n) is 6.32. The quantitative estimate of drug-likeness (QED) is 0.602. The molecule has 1 aromatic carbocycles. The first-order chi connectivity index (χ1) is 13.6. The molecular formula is C21H15BrN2O4. The third-order valence-corrected chi connectivity index (χ3v) is 5.08. The summed E-state index contributed by atoms with van der Waals surface area (Å²) in [6.45, 7) is 0.201. The second-order valence-corrected chi connectivity index (χ2v) is 7.23. The van der Waals surface area contributed by atoms with E-state index >= 15 is 0 Å². The average molecular weight is 439 g/mol. The summed E-state index contributed by atoms with van der Waals surface area (Å²) in [5.74, 6) is -1.61. The van der Waals surface area contributed by atoms with Crippen molar-refractivity contribution >= 4 is 27.6 Å². The SMILES string of the molecule is O=C(C1=C(O)C(=O)N(Cc2cccnc2)[C@@H]1c1ccc(Br)cc1)c1ccco1. The number of aliphatic hydroxyl groups excluding tert-OH is 1. The lowest BCUT2D eigenvalue weighted by Gasteiger charge is -2.26. The van der Waals surface area contributed by atoms with Crippen molar-refractivity contribution in [2.24, 2.45) is 0 Å². The molecule has 7 heteroatoms. The van der Waals surface area contributed by atoms with Crippen LogP contribution in [0.1, 0.15) is 27.7 Å². The van der Waals surface area contributed by atoms with Gasteiger partial charge in [-0.2, -0.15) is 0 Å². The summed E-state index contributed by atoms with van der Waals surface area (Å²) in [6, 6.07) is 13.2. The van der Waals surface area contributed by atoms with Crippen molar-refractivity contribution in [3.05, 3.63) is 99.9 Å². The molecule has 0 fully saturated rings. The number of hydrogen-bond acceptors (Lipinski definition) is 5. The fraction of sp³-hybridized carbons (Fsp3) is 0.0952. The summed E-state index contributed by atoms with van der Waals surface area (Å²) in [4.78, 5) is 31.4. The van der Waals surface area contributed by atoms with Crippen LogP contribution >= 0.6 is 15.9 Å². The van der Waals surface area contributed by atoms with E-state index in [2.05, 4.69) is 20.9 Å². The Bertz CT molecular complexity index is 1040. The maximum Gasteiger partial charge on any atom is 0.290 e. The maximum atomic E-state index is 13.0. The van der Waals surface area contributed by atoms with E-state index in [1.807, 2.05) is 30.3 Å². The lowest BCUT2D eigenvalue weighted by atomic mass is 9.95. The largest absolute Gasteiger partial charge is 0.503 e. The molecule has 1 aliphatic heterocycles. The van der Waals surface area contributed by atoms with E-state index in [1.54, 1.807) is 24.5 Å². The molecule has 3 heterocycles. The Balaban J connectivity index is 1.79. The highest BCUT2D eigenvalue weighted by Crippen LogP contribution is 2.40. The zero-order valence-corrected chi connectivity index (χ0v) is 16.2. The molecule has 0 spiro atoms. The summed E-state index contributed by atoms with van der Waals surface area (Å²) < 4.78 is 6.07. The van der Waals surface area contributed by atoms with Crippen LogP contribution in [0.3, 0.4) is 0 Å². The Kier molecular flexibility index (Phi) is 4.83. The fourth-order valence-corrected chi connectivity index (χ4v) is 3.53. The number of nitrogens with zero attached hydrogens (tertiary/aromatic N) is 2. The Morgan fingerprint density at radius 2 is 1.96 bits per heavy atom. The lowest BCUT2D eigenvalue weighted by molar-refractivity contribution is -0.130. The van der Waals surface area contributed by atoms with Crippen LogP contribution < -0.4 is 0 Å². The Labute approximate surface area is 169 Å². The van der Waals surface area contributed by atoms with Gasteiger partial charge in [0.05, 0.1) is 17.9 Å². The number of rotatable bonds is 5. The van der Waals surface area contributed by atoms with Crippen LogP contribution in [0.2, 0.25) is 0 Å². The third-order valence-electron chi connectivity index (χ3n) is 4.55. The summed E-state index contributed by atoms with van der Waals surface area (Å²) in [6.07, 6.45) is 4.67. The van der Waals surface area contributed by atoms with Gasteiger partial charge >= 0.3 is 0 Å². The topological polar surface area (TPSA) is 83.6 Å². The van der Waals surface area contributed by atoms with Crippen LogP contribution in [0.4, 0.5) is 0 Å². The monoisotopic (exact) mass is 438 g/mol. The molecule has 1 amide bonds. The van der Waals surface area contributed by atoms with Crippen LogP contribution in [0.5, 0.6) is 0 Å². The van der Waals surface area contributed by atoms with E-state index in [-0.39, 0.29) is 17.9 Å². The van der Waals surface area contributed by atoms with Crippen LogP contribution in [-0.2, 0) is 11.3 Å². The zero-order chi connectivity index (χ0) is 19.7. The van der Waals surface area contributed by atoms with E-state index < -0.39 is 23.5 Å². The molecule has 6 nitrogen and oxygen atoms in total. The number of carbonyl (C=O) groups excluding carboxylic acids is 2. The minimum absolute atomic E-state index is 0.00571. The normalized spacial score (nSPS) is 16.7. The minimum atomic E-state index is -0.738. The number of hydrogen-bond donors (Lipinski definition) is 1. The molecule has 1 aliphatic rings. The molecule has 1 atom stereocenters. The van der Waals surface area contributed by atoms with Crippen LogP contribution in [-0.4, -0.2) is 26.7 Å². The number of furan rings is 1. The molecule has 140 valence electrons. The molecule has 0 aliphatic carbocycles. The third kappa shape index (κ3) is 3.25. The van der Waals surface area contributed by atoms with Crippen LogP contribution in [0.25, 0.3) is 0 Å². The van der Waals surface area contributed by atoms with Gasteiger partial charge in [0, 0.05) is 23.4 Å². The maximum absolute atomic E-state index is 13.0. The first-order valence-electron chi connectivity index (χ1n) is 8.53. The van der Waals surface area contributed by atoms with Crippen molar-refractivity contribution in [2.75, 3.05) is 0 Å². The lowest BCUT2D eigenvalue weighted by Crippen LogP contribution is -2.30. The fourth-order valence-electron chi connectivity index (χ4n) is 3.27. The standard InChI is InChI=1S/C21H15BrN2O4/c22-15-7-5-14(6-8-15)18-17(19(25)16-4-2-10-28-16)20(26)21(27)24(18)12-13-3-1-9-23-11-13/h1-11,18,26H,12H2/t18-/m1/s1. The van der Waals surface area contributed by atoms with Crippen molar-refractivity contribution in [1.29, 1.82) is 0 Å². The number of ketones is 1. The van der Waals surface area contributed by atoms with Gasteiger partial charge in [-0.05, 0) is 41.5 Å². The van der Waals surface area contributed by atoms with E-state index in [0.29, 0.717) is 5.56 Å². The molecule has 28 heavy (non-hydrogen) atoms. The molecule has 1 N–H and O–H groups in total. The van der Waals surface area contributed by atoms with Gasteiger partial charge in [0.25, 0.3) is 5.91 Å². The summed E-state index contributed by atoms with van der Waals surface area (Å²) in [5, 5.41) is 10.6. The van der Waals surface area contributed by atoms with Crippen LogP contribution in [0, 0.1) is 0 Å². The Hall–Kier alpha value is -3.19. The van der Waals surface area contributed by atoms with Crippen molar-refractivity contribution in [1.82, 2.24) is 9.88 Å². The predicted octanol–water partition coefficient (Wildman–Crippen LogP) is 4.22. The number of benzene rings is 1. The van der Waals surface area contributed by atoms with Gasteiger partial charge in [0.2, 0.25) is 5.78 Å². The van der Waals surface area contributed by atoms with Gasteiger partial charge in [0.1, 0.15) is 0 Å². The van der Waals surface area contributed by atoms with Crippen molar-refractivity contribution in [3.8, 4) is 0 Å². The second kappa shape index (κ2) is 7.44. The van der Waals surface area contributed by atoms with Crippen molar-refractivity contribution in [2.45, 2.75) is 12.6 Å². The highest BCUT2D eigenvalue weighted by Gasteiger charge is 2.44. The van der Waals surface area contributed by atoms with Gasteiger partial charge in [-0.1, -0.05) is 34.1 Å². The van der Waals surface area contributed by atoms with E-state index in [9.17, 15) is 14.7 Å². The summed E-state index contributed by atoms with van der Waals surface area (Å²) in [5.41, 5.74) is 1.50. The van der Waals surface area contributed by atoms with Gasteiger partial charge < -0.3 is 14.4 Å². The molecular weight excluding hydrogens is 424 g/mol. The molecule has 0 bridgehead atoms. The summed E-state index contributed by atoms with van der Waals surface area (Å²) in [7, 11) is 0. The molecule has 0 unspecified atom stereocenters. The van der Waals surface area contributed by atoms with Gasteiger partial charge in [-0.25, -0.2) is 0 Å².